The van der Waals surface area contributed by atoms with Crippen LogP contribution in [0, 0.1) is 0 Å². The molecule has 120 valence electrons. The van der Waals surface area contributed by atoms with E-state index in [2.05, 4.69) is 10.3 Å². The number of hydrogen-bond donors (Lipinski definition) is 1. The summed E-state index contributed by atoms with van der Waals surface area (Å²) in [6.07, 6.45) is -4.35. The summed E-state index contributed by atoms with van der Waals surface area (Å²) < 4.78 is 46.0. The predicted octanol–water partition coefficient (Wildman–Crippen LogP) is 3.12. The third kappa shape index (κ3) is 2.83. The summed E-state index contributed by atoms with van der Waals surface area (Å²) in [6, 6.07) is 4.08. The van der Waals surface area contributed by atoms with Crippen molar-refractivity contribution < 1.29 is 17.9 Å². The van der Waals surface area contributed by atoms with Crippen LogP contribution in [-0.2, 0) is 17.5 Å². The largest absolute Gasteiger partial charge is 0.416 e. The molecule has 2 aromatic rings. The molecule has 0 radical (unpaired) electrons. The standard InChI is InChI=1S/C15H18F3N3O/c1-9(2)19-6-11-7-22-8-14-20-12-5-10(15(16,17)18)3-4-13(12)21(11)14/h3-5,9,11,19H,6-8H2,1-2H3/t11-/m0/s1. The van der Waals surface area contributed by atoms with Gasteiger partial charge in [0.2, 0.25) is 0 Å². The fourth-order valence-electron chi connectivity index (χ4n) is 2.72. The molecule has 22 heavy (non-hydrogen) atoms. The van der Waals surface area contributed by atoms with Gasteiger partial charge in [0.15, 0.2) is 0 Å². The number of nitrogens with zero attached hydrogens (tertiary/aromatic N) is 2. The maximum absolute atomic E-state index is 12.8. The zero-order chi connectivity index (χ0) is 15.9. The number of benzene rings is 1. The van der Waals surface area contributed by atoms with E-state index in [0.29, 0.717) is 37.1 Å². The first-order valence-corrected chi connectivity index (χ1v) is 7.25. The van der Waals surface area contributed by atoms with Crippen molar-refractivity contribution >= 4 is 11.0 Å². The Bertz CT molecular complexity index is 678. The Labute approximate surface area is 126 Å². The molecular weight excluding hydrogens is 295 g/mol. The van der Waals surface area contributed by atoms with E-state index in [9.17, 15) is 13.2 Å². The molecule has 0 unspecified atom stereocenters. The molecule has 1 aromatic heterocycles. The van der Waals surface area contributed by atoms with Crippen molar-refractivity contribution in [1.29, 1.82) is 0 Å². The van der Waals surface area contributed by atoms with E-state index >= 15 is 0 Å². The molecule has 0 spiro atoms. The second kappa shape index (κ2) is 5.55. The summed E-state index contributed by atoms with van der Waals surface area (Å²) in [4.78, 5) is 4.31. The van der Waals surface area contributed by atoms with Crippen LogP contribution in [0.3, 0.4) is 0 Å². The monoisotopic (exact) mass is 313 g/mol. The lowest BCUT2D eigenvalue weighted by Gasteiger charge is -2.27. The van der Waals surface area contributed by atoms with Crippen molar-refractivity contribution in [2.24, 2.45) is 0 Å². The number of aromatic nitrogens is 2. The lowest BCUT2D eigenvalue weighted by molar-refractivity contribution is -0.137. The Morgan fingerprint density at radius 2 is 2.18 bits per heavy atom. The van der Waals surface area contributed by atoms with Crippen LogP contribution >= 0.6 is 0 Å². The van der Waals surface area contributed by atoms with Gasteiger partial charge in [0.25, 0.3) is 0 Å². The third-order valence-corrected chi connectivity index (χ3v) is 3.76. The van der Waals surface area contributed by atoms with Crippen molar-refractivity contribution in [2.75, 3.05) is 13.2 Å². The van der Waals surface area contributed by atoms with Crippen LogP contribution in [0.2, 0.25) is 0 Å². The summed E-state index contributed by atoms with van der Waals surface area (Å²) >= 11 is 0. The molecule has 1 N–H and O–H groups in total. The number of ether oxygens (including phenoxy) is 1. The smallest absolute Gasteiger partial charge is 0.371 e. The quantitative estimate of drug-likeness (QED) is 0.946. The fraction of sp³-hybridized carbons (Fsp3) is 0.533. The molecule has 3 rings (SSSR count). The molecule has 1 aromatic carbocycles. The average Bonchev–Trinajstić information content (AvgIpc) is 2.82. The van der Waals surface area contributed by atoms with Gasteiger partial charge in [0.1, 0.15) is 12.4 Å². The van der Waals surface area contributed by atoms with Crippen LogP contribution in [-0.4, -0.2) is 28.7 Å². The van der Waals surface area contributed by atoms with Gasteiger partial charge >= 0.3 is 6.18 Å². The number of nitrogens with one attached hydrogen (secondary N) is 1. The van der Waals surface area contributed by atoms with Gasteiger partial charge in [-0.15, -0.1) is 0 Å². The zero-order valence-electron chi connectivity index (χ0n) is 12.4. The van der Waals surface area contributed by atoms with Crippen LogP contribution in [0.5, 0.6) is 0 Å². The number of fused-ring (bicyclic) bond motifs is 3. The van der Waals surface area contributed by atoms with Gasteiger partial charge in [-0.1, -0.05) is 13.8 Å². The van der Waals surface area contributed by atoms with E-state index in [-0.39, 0.29) is 6.04 Å². The highest BCUT2D eigenvalue weighted by Crippen LogP contribution is 2.33. The van der Waals surface area contributed by atoms with Gasteiger partial charge < -0.3 is 14.6 Å². The number of hydrogen-bond acceptors (Lipinski definition) is 3. The number of imidazole rings is 1. The van der Waals surface area contributed by atoms with E-state index in [1.807, 2.05) is 18.4 Å². The third-order valence-electron chi connectivity index (χ3n) is 3.76. The summed E-state index contributed by atoms with van der Waals surface area (Å²) in [5, 5.41) is 3.34. The molecule has 0 aliphatic carbocycles. The van der Waals surface area contributed by atoms with E-state index < -0.39 is 11.7 Å². The second-order valence-corrected chi connectivity index (χ2v) is 5.83. The Hall–Kier alpha value is -1.60. The highest BCUT2D eigenvalue weighted by molar-refractivity contribution is 5.77. The first kappa shape index (κ1) is 15.3. The van der Waals surface area contributed by atoms with E-state index in [1.165, 1.54) is 6.07 Å². The SMILES string of the molecule is CC(C)NC[C@H]1COCc2nc3cc(C(F)(F)F)ccc3n21. The molecule has 1 atom stereocenters. The number of alkyl halides is 3. The highest BCUT2D eigenvalue weighted by Gasteiger charge is 2.32. The summed E-state index contributed by atoms with van der Waals surface area (Å²) in [5.74, 6) is 0.677. The molecule has 0 amide bonds. The topological polar surface area (TPSA) is 39.1 Å². The summed E-state index contributed by atoms with van der Waals surface area (Å²) in [7, 11) is 0. The molecule has 7 heteroatoms. The molecule has 0 saturated heterocycles. The Morgan fingerprint density at radius 1 is 1.41 bits per heavy atom. The molecule has 1 aliphatic heterocycles. The fourth-order valence-corrected chi connectivity index (χ4v) is 2.72. The van der Waals surface area contributed by atoms with E-state index in [1.54, 1.807) is 0 Å². The number of halogens is 3. The van der Waals surface area contributed by atoms with Gasteiger partial charge in [0.05, 0.1) is 29.2 Å². The lowest BCUT2D eigenvalue weighted by atomic mass is 10.2. The highest BCUT2D eigenvalue weighted by atomic mass is 19.4. The van der Waals surface area contributed by atoms with Crippen LogP contribution in [0.4, 0.5) is 13.2 Å². The van der Waals surface area contributed by atoms with E-state index in [0.717, 1.165) is 17.6 Å². The van der Waals surface area contributed by atoms with Gasteiger partial charge in [-0.05, 0) is 18.2 Å². The van der Waals surface area contributed by atoms with E-state index in [4.69, 9.17) is 4.74 Å². The minimum absolute atomic E-state index is 0.0351. The second-order valence-electron chi connectivity index (χ2n) is 5.83. The van der Waals surface area contributed by atoms with Crippen molar-refractivity contribution in [3.63, 3.8) is 0 Å². The molecule has 1 aliphatic rings. The maximum atomic E-state index is 12.8. The molecule has 0 fully saturated rings. The Kier molecular flexibility index (Phi) is 3.86. The summed E-state index contributed by atoms with van der Waals surface area (Å²) in [6.45, 7) is 5.64. The van der Waals surface area contributed by atoms with Crippen molar-refractivity contribution in [3.8, 4) is 0 Å². The normalized spacial score (nSPS) is 18.9. The maximum Gasteiger partial charge on any atom is 0.416 e. The van der Waals surface area contributed by atoms with Crippen molar-refractivity contribution in [2.45, 2.75) is 38.7 Å². The van der Waals surface area contributed by atoms with Crippen LogP contribution in [0.1, 0.15) is 31.3 Å². The van der Waals surface area contributed by atoms with Crippen molar-refractivity contribution in [1.82, 2.24) is 14.9 Å². The molecule has 4 nitrogen and oxygen atoms in total. The van der Waals surface area contributed by atoms with Crippen LogP contribution in [0.15, 0.2) is 18.2 Å². The zero-order valence-corrected chi connectivity index (χ0v) is 12.4. The summed E-state index contributed by atoms with van der Waals surface area (Å²) in [5.41, 5.74) is 0.417. The van der Waals surface area contributed by atoms with Gasteiger partial charge in [-0.25, -0.2) is 4.98 Å². The lowest BCUT2D eigenvalue weighted by Crippen LogP contribution is -2.35. The number of rotatable bonds is 3. The molecular formula is C15H18F3N3O. The van der Waals surface area contributed by atoms with Gasteiger partial charge in [-0.2, -0.15) is 13.2 Å². The predicted molar refractivity (Wildman–Crippen MR) is 76.6 cm³/mol. The Morgan fingerprint density at radius 3 is 2.86 bits per heavy atom. The Balaban J connectivity index is 2.01. The molecule has 0 bridgehead atoms. The minimum Gasteiger partial charge on any atom is -0.371 e. The van der Waals surface area contributed by atoms with Gasteiger partial charge in [0, 0.05) is 12.6 Å². The molecule has 0 saturated carbocycles. The van der Waals surface area contributed by atoms with Gasteiger partial charge in [-0.3, -0.25) is 0 Å². The first-order valence-electron chi connectivity index (χ1n) is 7.25. The van der Waals surface area contributed by atoms with Crippen LogP contribution < -0.4 is 5.32 Å². The van der Waals surface area contributed by atoms with Crippen molar-refractivity contribution in [3.05, 3.63) is 29.6 Å². The minimum atomic E-state index is -4.35. The average molecular weight is 313 g/mol. The van der Waals surface area contributed by atoms with Crippen LogP contribution in [0.25, 0.3) is 11.0 Å². The molecule has 2 heterocycles. The first-order chi connectivity index (χ1) is 10.4.